The van der Waals surface area contributed by atoms with E-state index in [0.717, 1.165) is 0 Å². The highest BCUT2D eigenvalue weighted by atomic mass is 16.7. The van der Waals surface area contributed by atoms with Gasteiger partial charge in [-0.3, -0.25) is 0 Å². The third-order valence-electron chi connectivity index (χ3n) is 5.13. The van der Waals surface area contributed by atoms with Crippen molar-refractivity contribution < 1.29 is 54.4 Å². The molecule has 2 aliphatic heterocycles. The maximum absolute atomic E-state index is 12.1. The second-order valence-electron chi connectivity index (χ2n) is 7.19. The van der Waals surface area contributed by atoms with E-state index < -0.39 is 74.3 Å². The summed E-state index contributed by atoms with van der Waals surface area (Å²) in [4.78, 5) is 12.1. The molecule has 2 saturated heterocycles. The summed E-state index contributed by atoms with van der Waals surface area (Å²) in [5.74, 6) is -0.668. The molecule has 3 rings (SSSR count). The average Bonchev–Trinajstić information content (AvgIpc) is 2.76. The van der Waals surface area contributed by atoms with Crippen LogP contribution in [0.3, 0.4) is 0 Å². The van der Waals surface area contributed by atoms with Crippen molar-refractivity contribution in [2.75, 3.05) is 19.8 Å². The highest BCUT2D eigenvalue weighted by Gasteiger charge is 2.48. The summed E-state index contributed by atoms with van der Waals surface area (Å²) in [5, 5.41) is 59.6. The lowest BCUT2D eigenvalue weighted by atomic mass is 9.98. The number of hydrogen-bond acceptors (Lipinski definition) is 11. The molecule has 0 saturated carbocycles. The van der Waals surface area contributed by atoms with Gasteiger partial charge in [0.25, 0.3) is 0 Å². The second kappa shape index (κ2) is 10.1. The van der Waals surface area contributed by atoms with Crippen molar-refractivity contribution in [1.29, 1.82) is 0 Å². The maximum Gasteiger partial charge on any atom is 0.338 e. The van der Waals surface area contributed by atoms with Gasteiger partial charge in [0.1, 0.15) is 55.4 Å². The van der Waals surface area contributed by atoms with Gasteiger partial charge in [-0.1, -0.05) is 18.2 Å². The van der Waals surface area contributed by atoms with Gasteiger partial charge in [-0.25, -0.2) is 4.79 Å². The lowest BCUT2D eigenvalue weighted by molar-refractivity contribution is -0.331. The molecule has 2 heterocycles. The first kappa shape index (κ1) is 23.0. The number of aliphatic hydroxyl groups is 6. The van der Waals surface area contributed by atoms with Gasteiger partial charge >= 0.3 is 5.97 Å². The standard InChI is InChI=1S/C19H26O11/c20-6-10-13(21)14(22)11(7-27-10)29-19-17(25)16(24)15(23)12(30-19)8-28-18(26)9-4-2-1-3-5-9/h1-5,10-17,19-25H,6-8H2/t10-,11+,12+,13-,14-,15-,16-,17+,19-/m1/s1. The van der Waals surface area contributed by atoms with Crippen molar-refractivity contribution >= 4 is 5.97 Å². The van der Waals surface area contributed by atoms with Gasteiger partial charge in [-0.15, -0.1) is 0 Å². The van der Waals surface area contributed by atoms with Crippen LogP contribution in [0.25, 0.3) is 0 Å². The molecule has 2 aliphatic rings. The van der Waals surface area contributed by atoms with E-state index in [1.807, 2.05) is 0 Å². The molecule has 1 aromatic carbocycles. The Bertz CT molecular complexity index is 686. The highest BCUT2D eigenvalue weighted by molar-refractivity contribution is 5.89. The van der Waals surface area contributed by atoms with Crippen molar-refractivity contribution in [2.24, 2.45) is 0 Å². The van der Waals surface area contributed by atoms with Gasteiger partial charge in [-0.2, -0.15) is 0 Å². The molecule has 0 bridgehead atoms. The first-order valence-electron chi connectivity index (χ1n) is 9.49. The van der Waals surface area contributed by atoms with E-state index in [9.17, 15) is 30.3 Å². The molecule has 6 N–H and O–H groups in total. The Morgan fingerprint density at radius 1 is 0.933 bits per heavy atom. The Labute approximate surface area is 172 Å². The van der Waals surface area contributed by atoms with Crippen LogP contribution in [-0.4, -0.2) is 112 Å². The van der Waals surface area contributed by atoms with Gasteiger partial charge in [0, 0.05) is 0 Å². The van der Waals surface area contributed by atoms with E-state index in [-0.39, 0.29) is 12.2 Å². The number of ether oxygens (including phenoxy) is 4. The van der Waals surface area contributed by atoms with Gasteiger partial charge in [0.05, 0.1) is 18.8 Å². The predicted molar refractivity (Wildman–Crippen MR) is 97.1 cm³/mol. The molecule has 11 nitrogen and oxygen atoms in total. The van der Waals surface area contributed by atoms with Crippen LogP contribution in [0.1, 0.15) is 10.4 Å². The molecule has 30 heavy (non-hydrogen) atoms. The van der Waals surface area contributed by atoms with E-state index >= 15 is 0 Å². The fraction of sp³-hybridized carbons (Fsp3) is 0.632. The molecule has 11 heteroatoms. The predicted octanol–water partition coefficient (Wildman–Crippen LogP) is -2.85. The lowest BCUT2D eigenvalue weighted by Gasteiger charge is -2.43. The third kappa shape index (κ3) is 4.97. The zero-order valence-corrected chi connectivity index (χ0v) is 15.9. The van der Waals surface area contributed by atoms with Crippen LogP contribution >= 0.6 is 0 Å². The fourth-order valence-electron chi connectivity index (χ4n) is 3.29. The second-order valence-corrected chi connectivity index (χ2v) is 7.19. The van der Waals surface area contributed by atoms with E-state index in [0.29, 0.717) is 0 Å². The van der Waals surface area contributed by atoms with Crippen molar-refractivity contribution in [1.82, 2.24) is 0 Å². The molecule has 168 valence electrons. The van der Waals surface area contributed by atoms with Crippen LogP contribution in [0.15, 0.2) is 30.3 Å². The molecular weight excluding hydrogens is 404 g/mol. The Morgan fingerprint density at radius 3 is 2.27 bits per heavy atom. The molecule has 0 aliphatic carbocycles. The van der Waals surface area contributed by atoms with Crippen LogP contribution in [0.5, 0.6) is 0 Å². The molecule has 0 spiro atoms. The van der Waals surface area contributed by atoms with Crippen molar-refractivity contribution in [3.63, 3.8) is 0 Å². The minimum absolute atomic E-state index is 0.220. The van der Waals surface area contributed by atoms with Crippen LogP contribution in [0.2, 0.25) is 0 Å². The molecule has 2 fully saturated rings. The first-order valence-corrected chi connectivity index (χ1v) is 9.49. The van der Waals surface area contributed by atoms with E-state index in [2.05, 4.69) is 0 Å². The van der Waals surface area contributed by atoms with E-state index in [1.165, 1.54) is 0 Å². The van der Waals surface area contributed by atoms with Crippen molar-refractivity contribution in [3.8, 4) is 0 Å². The van der Waals surface area contributed by atoms with Crippen LogP contribution in [0.4, 0.5) is 0 Å². The Balaban J connectivity index is 1.61. The summed E-state index contributed by atoms with van der Waals surface area (Å²) in [6, 6.07) is 8.12. The summed E-state index contributed by atoms with van der Waals surface area (Å²) in [6.45, 7) is -1.16. The normalized spacial score (nSPS) is 39.5. The Hall–Kier alpha value is -1.67. The zero-order chi connectivity index (χ0) is 21.8. The van der Waals surface area contributed by atoms with Gasteiger partial charge in [-0.05, 0) is 12.1 Å². The Morgan fingerprint density at radius 2 is 1.60 bits per heavy atom. The summed E-state index contributed by atoms with van der Waals surface area (Å²) < 4.78 is 21.2. The SMILES string of the molecule is O=C(OC[C@@H]1O[C@@H](O[C@H]2CO[C@H](CO)[C@@H](O)[C@@H]2O)[C@@H](O)[C@H](O)[C@@H]1O)c1ccccc1. The minimum atomic E-state index is -1.68. The zero-order valence-electron chi connectivity index (χ0n) is 15.9. The topological polar surface area (TPSA) is 175 Å². The first-order chi connectivity index (χ1) is 14.3. The smallest absolute Gasteiger partial charge is 0.338 e. The Kier molecular flexibility index (Phi) is 7.74. The lowest BCUT2D eigenvalue weighted by Crippen LogP contribution is -2.62. The number of aliphatic hydroxyl groups excluding tert-OH is 6. The fourth-order valence-corrected chi connectivity index (χ4v) is 3.29. The molecule has 0 radical (unpaired) electrons. The maximum atomic E-state index is 12.1. The molecule has 9 atom stereocenters. The van der Waals surface area contributed by atoms with E-state index in [1.54, 1.807) is 30.3 Å². The van der Waals surface area contributed by atoms with Crippen molar-refractivity contribution in [2.45, 2.75) is 55.1 Å². The molecule has 0 aromatic heterocycles. The summed E-state index contributed by atoms with van der Waals surface area (Å²) in [5.41, 5.74) is 0.283. The highest BCUT2D eigenvalue weighted by Crippen LogP contribution is 2.26. The van der Waals surface area contributed by atoms with Crippen LogP contribution < -0.4 is 0 Å². The molecule has 0 amide bonds. The summed E-state index contributed by atoms with van der Waals surface area (Å²) in [6.07, 6.45) is -12.7. The van der Waals surface area contributed by atoms with Gasteiger partial charge < -0.3 is 49.6 Å². The molecular formula is C19H26O11. The summed E-state index contributed by atoms with van der Waals surface area (Å²) >= 11 is 0. The van der Waals surface area contributed by atoms with Gasteiger partial charge in [0.2, 0.25) is 0 Å². The largest absolute Gasteiger partial charge is 0.459 e. The number of esters is 1. The monoisotopic (exact) mass is 430 g/mol. The number of hydrogen-bond donors (Lipinski definition) is 6. The number of carbonyl (C=O) groups excluding carboxylic acids is 1. The van der Waals surface area contributed by atoms with E-state index in [4.69, 9.17) is 24.1 Å². The summed E-state index contributed by atoms with van der Waals surface area (Å²) in [7, 11) is 0. The molecule has 0 unspecified atom stereocenters. The third-order valence-corrected chi connectivity index (χ3v) is 5.13. The number of carbonyl (C=O) groups is 1. The minimum Gasteiger partial charge on any atom is -0.459 e. The number of benzene rings is 1. The van der Waals surface area contributed by atoms with Crippen molar-refractivity contribution in [3.05, 3.63) is 35.9 Å². The average molecular weight is 430 g/mol. The van der Waals surface area contributed by atoms with Crippen LogP contribution in [0, 0.1) is 0 Å². The van der Waals surface area contributed by atoms with Gasteiger partial charge in [0.15, 0.2) is 6.29 Å². The van der Waals surface area contributed by atoms with Crippen LogP contribution in [-0.2, 0) is 18.9 Å². The number of rotatable bonds is 6. The molecule has 1 aromatic rings. The quantitative estimate of drug-likeness (QED) is 0.256.